The van der Waals surface area contributed by atoms with E-state index in [1.54, 1.807) is 12.7 Å². The molecule has 0 amide bonds. The van der Waals surface area contributed by atoms with Crippen molar-refractivity contribution < 1.29 is 14.7 Å². The highest BCUT2D eigenvalue weighted by atomic mass is 16.5. The van der Waals surface area contributed by atoms with Crippen molar-refractivity contribution in [3.8, 4) is 11.8 Å². The fraction of sp³-hybridized carbons (Fsp3) is 0.611. The van der Waals surface area contributed by atoms with Gasteiger partial charge in [-0.05, 0) is 123 Å². The minimum Gasteiger partial charge on any atom is -0.411 e. The first-order chi connectivity index (χ1) is 19.9. The van der Waals surface area contributed by atoms with Crippen LogP contribution in [0.15, 0.2) is 52.2 Å². The second-order valence-electron chi connectivity index (χ2n) is 13.5. The maximum atomic E-state index is 13.9. The van der Waals surface area contributed by atoms with Crippen LogP contribution in [0.5, 0.6) is 0 Å². The van der Waals surface area contributed by atoms with Crippen molar-refractivity contribution >= 4 is 17.2 Å². The highest BCUT2D eigenvalue weighted by Gasteiger charge is 2.65. The number of fused-ring (bicyclic) bond motifs is 4. The number of hydrogen-bond donors (Lipinski definition) is 1. The van der Waals surface area contributed by atoms with Gasteiger partial charge in [0, 0.05) is 31.8 Å². The van der Waals surface area contributed by atoms with Gasteiger partial charge >= 0.3 is 0 Å². The molecule has 1 aromatic rings. The fourth-order valence-electron chi connectivity index (χ4n) is 9.64. The van der Waals surface area contributed by atoms with Crippen molar-refractivity contribution in [3.05, 3.63) is 52.6 Å². The Labute approximate surface area is 246 Å². The zero-order chi connectivity index (χ0) is 28.8. The average molecular weight is 555 g/mol. The largest absolute Gasteiger partial charge is 0.411 e. The first-order valence-electron chi connectivity index (χ1n) is 15.8. The number of piperidine rings is 1. The summed E-state index contributed by atoms with van der Waals surface area (Å²) in [5, 5.41) is 13.2. The molecule has 5 aliphatic rings. The second-order valence-corrected chi connectivity index (χ2v) is 13.5. The van der Waals surface area contributed by atoms with Crippen LogP contribution in [0.2, 0.25) is 0 Å². The minimum atomic E-state index is -0.673. The summed E-state index contributed by atoms with van der Waals surface area (Å²) >= 11 is 0. The minimum absolute atomic E-state index is 0.122. The Morgan fingerprint density at radius 3 is 2.61 bits per heavy atom. The van der Waals surface area contributed by atoms with Crippen LogP contribution in [0.3, 0.4) is 0 Å². The summed E-state index contributed by atoms with van der Waals surface area (Å²) in [4.78, 5) is 16.4. The van der Waals surface area contributed by atoms with Crippen molar-refractivity contribution in [3.63, 3.8) is 0 Å². The molecule has 6 atom stereocenters. The average Bonchev–Trinajstić information content (AvgIpc) is 3.30. The molecule has 4 aliphatic carbocycles. The van der Waals surface area contributed by atoms with E-state index in [-0.39, 0.29) is 23.7 Å². The van der Waals surface area contributed by atoms with Crippen molar-refractivity contribution in [2.75, 3.05) is 31.7 Å². The summed E-state index contributed by atoms with van der Waals surface area (Å²) < 4.78 is 5.44. The standard InChI is InChI=1S/C36H46N2O3/c1-5-16-36(33(39)23-41-4)17-15-32-30-20-24(2)29-21-26(37-40)11-14-28(29)34(30)31(22-35(32,36)3)25-9-12-27(13-10-25)38-18-7-6-8-19-38/h9-10,12-13,21,24,30-32,40H,6-8,11,14-15,17-20,22-23H2,1-4H3/b37-26+/t24?,30-,31+,32-,35-,36+/m0/s1. The van der Waals surface area contributed by atoms with E-state index in [9.17, 15) is 10.0 Å². The Hall–Kier alpha value is -2.84. The van der Waals surface area contributed by atoms with Gasteiger partial charge in [0.1, 0.15) is 6.61 Å². The monoisotopic (exact) mass is 554 g/mol. The van der Waals surface area contributed by atoms with Crippen LogP contribution in [-0.2, 0) is 9.53 Å². The third kappa shape index (κ3) is 4.49. The molecule has 0 bridgehead atoms. The molecule has 0 spiro atoms. The highest BCUT2D eigenvalue weighted by Crippen LogP contribution is 2.70. The van der Waals surface area contributed by atoms with Crippen LogP contribution in [0, 0.1) is 40.4 Å². The number of nitrogens with zero attached hydrogens (tertiary/aromatic N) is 2. The van der Waals surface area contributed by atoms with Gasteiger partial charge in [-0.2, -0.15) is 0 Å². The van der Waals surface area contributed by atoms with Crippen molar-refractivity contribution in [2.45, 2.75) is 84.5 Å². The van der Waals surface area contributed by atoms with Crippen LogP contribution in [0.1, 0.15) is 90.0 Å². The molecule has 41 heavy (non-hydrogen) atoms. The number of carbonyl (C=O) groups excluding carboxylic acids is 1. The first kappa shape index (κ1) is 28.3. The molecule has 1 heterocycles. The number of allylic oxidation sites excluding steroid dienone is 4. The summed E-state index contributed by atoms with van der Waals surface area (Å²) in [5.74, 6) is 8.33. The molecule has 0 radical (unpaired) electrons. The van der Waals surface area contributed by atoms with Gasteiger partial charge in [-0.3, -0.25) is 4.79 Å². The molecule has 1 saturated heterocycles. The topological polar surface area (TPSA) is 62.1 Å². The van der Waals surface area contributed by atoms with Crippen molar-refractivity contribution in [1.29, 1.82) is 0 Å². The van der Waals surface area contributed by atoms with Crippen LogP contribution < -0.4 is 4.90 Å². The first-order valence-corrected chi connectivity index (χ1v) is 15.8. The molecule has 5 heteroatoms. The molecule has 2 saturated carbocycles. The van der Waals surface area contributed by atoms with E-state index in [0.717, 1.165) is 57.3 Å². The number of methoxy groups -OCH3 is 1. The number of Topliss-reactive ketones (excluding diaryl/α,β-unsaturated/α-hetero) is 1. The van der Waals surface area contributed by atoms with E-state index >= 15 is 0 Å². The molecule has 1 aliphatic heterocycles. The van der Waals surface area contributed by atoms with Gasteiger partial charge in [-0.1, -0.05) is 42.6 Å². The normalized spacial score (nSPS) is 35.7. The number of ketones is 1. The maximum Gasteiger partial charge on any atom is 0.176 e. The summed E-state index contributed by atoms with van der Waals surface area (Å²) in [6.45, 7) is 9.00. The highest BCUT2D eigenvalue weighted by molar-refractivity contribution is 5.97. The molecule has 1 N–H and O–H groups in total. The maximum absolute atomic E-state index is 13.9. The number of carbonyl (C=O) groups is 1. The molecule has 5 nitrogen and oxygen atoms in total. The van der Waals surface area contributed by atoms with Crippen LogP contribution >= 0.6 is 0 Å². The van der Waals surface area contributed by atoms with Gasteiger partial charge < -0.3 is 14.8 Å². The van der Waals surface area contributed by atoms with Gasteiger partial charge in [0.2, 0.25) is 0 Å². The van der Waals surface area contributed by atoms with E-state index in [1.807, 2.05) is 6.92 Å². The molecule has 3 fully saturated rings. The number of anilines is 1. The number of hydrogen-bond acceptors (Lipinski definition) is 5. The molecule has 1 aromatic carbocycles. The zero-order valence-electron chi connectivity index (χ0n) is 25.3. The van der Waals surface area contributed by atoms with Crippen molar-refractivity contribution in [1.82, 2.24) is 0 Å². The number of benzene rings is 1. The Morgan fingerprint density at radius 1 is 1.17 bits per heavy atom. The summed E-state index contributed by atoms with van der Waals surface area (Å²) in [5.41, 5.74) is 7.02. The quantitative estimate of drug-likeness (QED) is 0.236. The number of oxime groups is 1. The lowest BCUT2D eigenvalue weighted by molar-refractivity contribution is -0.136. The Bertz CT molecular complexity index is 1340. The third-order valence-corrected chi connectivity index (χ3v) is 11.5. The lowest BCUT2D eigenvalue weighted by Gasteiger charge is -2.55. The zero-order valence-corrected chi connectivity index (χ0v) is 25.3. The SMILES string of the molecule is CC#C[C@]1(C(=O)COC)CC[C@H]2[C@@H]3CC(C)C4=C/C(=N/O)CCC4=C3[C@@H](c3ccc(N4CCCCC4)cc3)C[C@@]21C. The molecular formula is C36H46N2O3. The van der Waals surface area contributed by atoms with E-state index < -0.39 is 5.41 Å². The second kappa shape index (κ2) is 11.1. The lowest BCUT2D eigenvalue weighted by atomic mass is 9.47. The number of rotatable bonds is 5. The Morgan fingerprint density at radius 2 is 1.93 bits per heavy atom. The predicted molar refractivity (Wildman–Crippen MR) is 164 cm³/mol. The van der Waals surface area contributed by atoms with E-state index in [0.29, 0.717) is 17.8 Å². The molecular weight excluding hydrogens is 508 g/mol. The fourth-order valence-corrected chi connectivity index (χ4v) is 9.64. The van der Waals surface area contributed by atoms with Gasteiger partial charge in [-0.25, -0.2) is 0 Å². The van der Waals surface area contributed by atoms with Crippen LogP contribution in [-0.4, -0.2) is 43.5 Å². The van der Waals surface area contributed by atoms with E-state index in [2.05, 4.69) is 66.1 Å². The van der Waals surface area contributed by atoms with Crippen molar-refractivity contribution in [2.24, 2.45) is 33.7 Å². The van der Waals surface area contributed by atoms with Gasteiger partial charge in [-0.15, -0.1) is 5.92 Å². The molecule has 1 unspecified atom stereocenters. The smallest absolute Gasteiger partial charge is 0.176 e. The van der Waals surface area contributed by atoms with Crippen LogP contribution in [0.25, 0.3) is 0 Å². The van der Waals surface area contributed by atoms with E-state index in [4.69, 9.17) is 4.74 Å². The molecule has 6 rings (SSSR count). The number of ether oxygens (including phenoxy) is 1. The predicted octanol–water partition coefficient (Wildman–Crippen LogP) is 7.31. The van der Waals surface area contributed by atoms with Gasteiger partial charge in [0.05, 0.1) is 11.1 Å². The Kier molecular flexibility index (Phi) is 7.66. The van der Waals surface area contributed by atoms with Gasteiger partial charge in [0.25, 0.3) is 0 Å². The lowest BCUT2D eigenvalue weighted by Crippen LogP contribution is -2.51. The van der Waals surface area contributed by atoms with Gasteiger partial charge in [0.15, 0.2) is 5.78 Å². The summed E-state index contributed by atoms with van der Waals surface area (Å²) in [6.07, 6.45) is 11.6. The third-order valence-electron chi connectivity index (χ3n) is 11.5. The summed E-state index contributed by atoms with van der Waals surface area (Å²) in [7, 11) is 1.62. The van der Waals surface area contributed by atoms with E-state index in [1.165, 1.54) is 41.7 Å². The molecule has 218 valence electrons. The molecule has 0 aromatic heterocycles. The Balaban J connectivity index is 1.49. The summed E-state index contributed by atoms with van der Waals surface area (Å²) in [6, 6.07) is 9.40. The van der Waals surface area contributed by atoms with Crippen LogP contribution in [0.4, 0.5) is 5.69 Å².